The smallest absolute Gasteiger partial charge is 0.251 e. The van der Waals surface area contributed by atoms with Crippen molar-refractivity contribution >= 4 is 30.1 Å². The predicted octanol–water partition coefficient (Wildman–Crippen LogP) is 0.847. The molecule has 1 aliphatic rings. The summed E-state index contributed by atoms with van der Waals surface area (Å²) in [7, 11) is 0. The van der Waals surface area contributed by atoms with Crippen molar-refractivity contribution < 1.29 is 14.4 Å². The van der Waals surface area contributed by atoms with Crippen LogP contribution in [0.5, 0.6) is 0 Å². The van der Waals surface area contributed by atoms with E-state index in [-0.39, 0.29) is 36.7 Å². The minimum absolute atomic E-state index is 0. The van der Waals surface area contributed by atoms with Crippen LogP contribution >= 0.6 is 12.4 Å². The molecule has 0 spiro atoms. The molecular formula is C18H27ClN4O3. The SMILES string of the molecule is CC1(N)CCCCC1C(=O)NCc1ccc(C(=O)NCC(N)=O)cc1.Cl. The van der Waals surface area contributed by atoms with Crippen LogP contribution in [-0.2, 0) is 16.1 Å². The predicted molar refractivity (Wildman–Crippen MR) is 102 cm³/mol. The van der Waals surface area contributed by atoms with Crippen LogP contribution in [0, 0.1) is 5.92 Å². The van der Waals surface area contributed by atoms with Crippen LogP contribution in [-0.4, -0.2) is 29.8 Å². The summed E-state index contributed by atoms with van der Waals surface area (Å²) in [6, 6.07) is 6.82. The van der Waals surface area contributed by atoms with Crippen molar-refractivity contribution in [1.29, 1.82) is 0 Å². The van der Waals surface area contributed by atoms with Gasteiger partial charge >= 0.3 is 0 Å². The number of hydrogen-bond donors (Lipinski definition) is 4. The van der Waals surface area contributed by atoms with Gasteiger partial charge in [-0.3, -0.25) is 14.4 Å². The molecule has 1 aliphatic carbocycles. The minimum Gasteiger partial charge on any atom is -0.368 e. The van der Waals surface area contributed by atoms with Crippen LogP contribution in [0.3, 0.4) is 0 Å². The second-order valence-corrected chi connectivity index (χ2v) is 6.87. The molecule has 26 heavy (non-hydrogen) atoms. The molecule has 1 fully saturated rings. The van der Waals surface area contributed by atoms with Crippen LogP contribution in [0.25, 0.3) is 0 Å². The van der Waals surface area contributed by atoms with Crippen molar-refractivity contribution in [3.05, 3.63) is 35.4 Å². The van der Waals surface area contributed by atoms with Crippen LogP contribution < -0.4 is 22.1 Å². The number of nitrogens with one attached hydrogen (secondary N) is 2. The van der Waals surface area contributed by atoms with Gasteiger partial charge in [-0.1, -0.05) is 25.0 Å². The molecule has 144 valence electrons. The zero-order chi connectivity index (χ0) is 18.4. The van der Waals surface area contributed by atoms with Gasteiger partial charge in [0.2, 0.25) is 11.8 Å². The standard InChI is InChI=1S/C18H26N4O3.ClH/c1-18(20)9-3-2-4-14(18)17(25)21-10-12-5-7-13(8-6-12)16(24)22-11-15(19)23;/h5-8,14H,2-4,9-11,20H2,1H3,(H2,19,23)(H,21,25)(H,22,24);1H. The summed E-state index contributed by atoms with van der Waals surface area (Å²) in [5.41, 5.74) is 12.1. The first-order chi connectivity index (χ1) is 11.8. The van der Waals surface area contributed by atoms with Gasteiger partial charge in [0.1, 0.15) is 0 Å². The molecule has 0 saturated heterocycles. The van der Waals surface area contributed by atoms with E-state index >= 15 is 0 Å². The molecule has 0 heterocycles. The van der Waals surface area contributed by atoms with Crippen molar-refractivity contribution in [2.24, 2.45) is 17.4 Å². The Labute approximate surface area is 159 Å². The monoisotopic (exact) mass is 382 g/mol. The molecule has 8 heteroatoms. The summed E-state index contributed by atoms with van der Waals surface area (Å²) in [6.07, 6.45) is 3.77. The van der Waals surface area contributed by atoms with Gasteiger partial charge in [0, 0.05) is 17.6 Å². The normalized spacial score (nSPS) is 22.0. The Morgan fingerprint density at radius 2 is 1.81 bits per heavy atom. The van der Waals surface area contributed by atoms with Gasteiger partial charge in [0.05, 0.1) is 12.5 Å². The summed E-state index contributed by atoms with van der Waals surface area (Å²) in [4.78, 5) is 34.9. The summed E-state index contributed by atoms with van der Waals surface area (Å²) in [5.74, 6) is -1.15. The average molecular weight is 383 g/mol. The minimum atomic E-state index is -0.595. The van der Waals surface area contributed by atoms with Gasteiger partial charge in [-0.2, -0.15) is 0 Å². The first kappa shape index (κ1) is 21.9. The third-order valence-electron chi connectivity index (χ3n) is 4.68. The molecule has 3 amide bonds. The molecule has 0 aliphatic heterocycles. The molecular weight excluding hydrogens is 356 g/mol. The topological polar surface area (TPSA) is 127 Å². The fourth-order valence-electron chi connectivity index (χ4n) is 3.14. The van der Waals surface area contributed by atoms with Gasteiger partial charge < -0.3 is 22.1 Å². The number of carbonyl (C=O) groups excluding carboxylic acids is 3. The Kier molecular flexibility index (Phi) is 8.05. The summed E-state index contributed by atoms with van der Waals surface area (Å²) in [5, 5.41) is 5.36. The number of carbonyl (C=O) groups is 3. The Morgan fingerprint density at radius 3 is 2.38 bits per heavy atom. The zero-order valence-electron chi connectivity index (χ0n) is 14.9. The number of benzene rings is 1. The van der Waals surface area contributed by atoms with E-state index in [1.165, 1.54) is 0 Å². The lowest BCUT2D eigenvalue weighted by molar-refractivity contribution is -0.128. The van der Waals surface area contributed by atoms with Crippen molar-refractivity contribution in [3.63, 3.8) is 0 Å². The van der Waals surface area contributed by atoms with Gasteiger partial charge in [-0.05, 0) is 37.5 Å². The highest BCUT2D eigenvalue weighted by Gasteiger charge is 2.37. The first-order valence-corrected chi connectivity index (χ1v) is 8.51. The first-order valence-electron chi connectivity index (χ1n) is 8.51. The molecule has 2 rings (SSSR count). The highest BCUT2D eigenvalue weighted by molar-refractivity contribution is 5.96. The van der Waals surface area contributed by atoms with Gasteiger partial charge in [0.15, 0.2) is 0 Å². The molecule has 6 N–H and O–H groups in total. The third kappa shape index (κ3) is 6.00. The maximum Gasteiger partial charge on any atom is 0.251 e. The molecule has 2 unspecified atom stereocenters. The Hall–Kier alpha value is -2.12. The van der Waals surface area contributed by atoms with Crippen LogP contribution in [0.2, 0.25) is 0 Å². The van der Waals surface area contributed by atoms with E-state index in [9.17, 15) is 14.4 Å². The van der Waals surface area contributed by atoms with Crippen molar-refractivity contribution in [3.8, 4) is 0 Å². The van der Waals surface area contributed by atoms with E-state index in [0.717, 1.165) is 31.2 Å². The van der Waals surface area contributed by atoms with E-state index in [2.05, 4.69) is 10.6 Å². The van der Waals surface area contributed by atoms with Crippen molar-refractivity contribution in [2.45, 2.75) is 44.7 Å². The summed E-state index contributed by atoms with van der Waals surface area (Å²) in [6.45, 7) is 2.13. The highest BCUT2D eigenvalue weighted by Crippen LogP contribution is 2.31. The molecule has 0 bridgehead atoms. The van der Waals surface area contributed by atoms with E-state index in [1.807, 2.05) is 6.92 Å². The van der Waals surface area contributed by atoms with Crippen LogP contribution in [0.15, 0.2) is 24.3 Å². The summed E-state index contributed by atoms with van der Waals surface area (Å²) >= 11 is 0. The quantitative estimate of drug-likeness (QED) is 0.581. The highest BCUT2D eigenvalue weighted by atomic mass is 35.5. The fraction of sp³-hybridized carbons (Fsp3) is 0.500. The van der Waals surface area contributed by atoms with Gasteiger partial charge in [0.25, 0.3) is 5.91 Å². The fourth-order valence-corrected chi connectivity index (χ4v) is 3.14. The largest absolute Gasteiger partial charge is 0.368 e. The molecule has 1 aromatic carbocycles. The molecule has 1 aromatic rings. The number of amides is 3. The summed E-state index contributed by atoms with van der Waals surface area (Å²) < 4.78 is 0. The van der Waals surface area contributed by atoms with Crippen molar-refractivity contribution in [1.82, 2.24) is 10.6 Å². The Bertz CT molecular complexity index is 646. The van der Waals surface area contributed by atoms with E-state index in [4.69, 9.17) is 11.5 Å². The number of nitrogens with two attached hydrogens (primary N) is 2. The number of hydrogen-bond acceptors (Lipinski definition) is 4. The lowest BCUT2D eigenvalue weighted by Gasteiger charge is -2.37. The van der Waals surface area contributed by atoms with Gasteiger partial charge in [-0.25, -0.2) is 0 Å². The van der Waals surface area contributed by atoms with E-state index in [1.54, 1.807) is 24.3 Å². The second kappa shape index (κ2) is 9.54. The average Bonchev–Trinajstić information content (AvgIpc) is 2.57. The lowest BCUT2D eigenvalue weighted by atomic mass is 9.74. The zero-order valence-corrected chi connectivity index (χ0v) is 15.7. The van der Waals surface area contributed by atoms with E-state index < -0.39 is 11.4 Å². The molecule has 0 aromatic heterocycles. The maximum absolute atomic E-state index is 12.4. The molecule has 0 radical (unpaired) electrons. The number of primary amides is 1. The second-order valence-electron chi connectivity index (χ2n) is 6.87. The molecule has 2 atom stereocenters. The number of halogens is 1. The van der Waals surface area contributed by atoms with Crippen molar-refractivity contribution in [2.75, 3.05) is 6.54 Å². The van der Waals surface area contributed by atoms with Crippen LogP contribution in [0.1, 0.15) is 48.5 Å². The number of rotatable bonds is 6. The molecule has 7 nitrogen and oxygen atoms in total. The van der Waals surface area contributed by atoms with Gasteiger partial charge in [-0.15, -0.1) is 12.4 Å². The maximum atomic E-state index is 12.4. The Morgan fingerprint density at radius 1 is 1.15 bits per heavy atom. The third-order valence-corrected chi connectivity index (χ3v) is 4.68. The Balaban J connectivity index is 0.00000338. The van der Waals surface area contributed by atoms with E-state index in [0.29, 0.717) is 12.1 Å². The molecule has 1 saturated carbocycles. The van der Waals surface area contributed by atoms with Crippen LogP contribution in [0.4, 0.5) is 0 Å². The lowest BCUT2D eigenvalue weighted by Crippen LogP contribution is -2.52.